The van der Waals surface area contributed by atoms with Gasteiger partial charge in [0.15, 0.2) is 0 Å². The fraction of sp³-hybridized carbons (Fsp3) is 0.105. The van der Waals surface area contributed by atoms with Gasteiger partial charge in [0, 0.05) is 0 Å². The summed E-state index contributed by atoms with van der Waals surface area (Å²) in [6.07, 6.45) is 12.4. The van der Waals surface area contributed by atoms with Crippen molar-refractivity contribution in [3.63, 3.8) is 0 Å². The van der Waals surface area contributed by atoms with Crippen LogP contribution in [0, 0.1) is 19.6 Å². The van der Waals surface area contributed by atoms with E-state index in [1.807, 2.05) is 0 Å². The summed E-state index contributed by atoms with van der Waals surface area (Å²) in [5.74, 6) is 0. The van der Waals surface area contributed by atoms with Gasteiger partial charge in [-0.3, -0.25) is 12.2 Å². The second-order valence-corrected chi connectivity index (χ2v) is 8.25. The molecule has 2 aromatic carbocycles. The molecule has 22 heavy (non-hydrogen) atoms. The number of fused-ring (bicyclic) bond motifs is 2. The van der Waals surface area contributed by atoms with Gasteiger partial charge in [0.25, 0.3) is 0 Å². The van der Waals surface area contributed by atoms with Gasteiger partial charge in [0.05, 0.1) is 0 Å². The number of rotatable bonds is 0. The van der Waals surface area contributed by atoms with Crippen molar-refractivity contribution >= 4 is 29.2 Å². The van der Waals surface area contributed by atoms with Crippen LogP contribution in [0.5, 0.6) is 0 Å². The Morgan fingerprint density at radius 3 is 1.45 bits per heavy atom. The molecule has 0 spiro atoms. The quantitative estimate of drug-likeness (QED) is 0.474. The molecule has 0 bridgehead atoms. The van der Waals surface area contributed by atoms with Crippen molar-refractivity contribution in [3.8, 4) is 0 Å². The molecule has 0 aromatic heterocycles. The third-order valence-electron chi connectivity index (χ3n) is 3.21. The average molecular weight is 407 g/mol. The van der Waals surface area contributed by atoms with Crippen LogP contribution in [0.25, 0.3) is 12.2 Å². The van der Waals surface area contributed by atoms with Gasteiger partial charge in [-0.2, -0.15) is 11.1 Å². The van der Waals surface area contributed by atoms with E-state index in [1.54, 1.807) is 0 Å². The third kappa shape index (κ3) is 5.88. The molecule has 0 heterocycles. The number of benzene rings is 2. The summed E-state index contributed by atoms with van der Waals surface area (Å²) in [5, 5.41) is 0. The second-order valence-electron chi connectivity index (χ2n) is 4.52. The van der Waals surface area contributed by atoms with Crippen LogP contribution in [0.3, 0.4) is 0 Å². The first-order valence-corrected chi connectivity index (χ1v) is 12.9. The molecular formula is C19H17Cl2Zr-3. The molecule has 0 atom stereocenters. The first kappa shape index (κ1) is 19.4. The van der Waals surface area contributed by atoms with Gasteiger partial charge in [0.1, 0.15) is 0 Å². The van der Waals surface area contributed by atoms with Crippen molar-refractivity contribution in [1.29, 1.82) is 0 Å². The SMILES string of the molecule is [C-]1=Cc2ccccc2C1.[C-]1=Cc2ccccc2C1.[CH3-].[Cl][Zr][Cl]. The zero-order chi connectivity index (χ0) is 14.9. The number of halogens is 2. The topological polar surface area (TPSA) is 0 Å². The standard InChI is InChI=1S/2C9H7.CH3.2ClH.Zr/c2*1-2-5-9-7-3-6-8(9)4-1;;;;/h2*1-2,4-6H,7H2;1H3;2*1H;/q3*-1;;;+2/p-2. The molecule has 2 aromatic rings. The van der Waals surface area contributed by atoms with E-state index in [2.05, 4.69) is 72.8 Å². The molecule has 0 N–H and O–H groups in total. The Balaban J connectivity index is 0.000000181. The van der Waals surface area contributed by atoms with Crippen LogP contribution >= 0.6 is 17.0 Å². The van der Waals surface area contributed by atoms with Crippen LogP contribution in [0.1, 0.15) is 22.3 Å². The molecule has 0 aliphatic heterocycles. The van der Waals surface area contributed by atoms with Gasteiger partial charge in [0.2, 0.25) is 0 Å². The summed E-state index contributed by atoms with van der Waals surface area (Å²) >= 11 is -0.826. The predicted molar refractivity (Wildman–Crippen MR) is 93.8 cm³/mol. The minimum atomic E-state index is -0.826. The molecule has 2 aliphatic rings. The second kappa shape index (κ2) is 11.0. The first-order chi connectivity index (χ1) is 10.3. The summed E-state index contributed by atoms with van der Waals surface area (Å²) in [7, 11) is 9.87. The van der Waals surface area contributed by atoms with Gasteiger partial charge in [-0.15, -0.1) is 36.1 Å². The Labute approximate surface area is 152 Å². The molecular weight excluding hydrogens is 390 g/mol. The maximum absolute atomic E-state index is 4.93. The van der Waals surface area contributed by atoms with Crippen molar-refractivity contribution in [2.75, 3.05) is 0 Å². The number of hydrogen-bond donors (Lipinski definition) is 0. The van der Waals surface area contributed by atoms with Crippen molar-refractivity contribution < 1.29 is 20.8 Å². The zero-order valence-corrected chi connectivity index (χ0v) is 16.4. The molecule has 3 heteroatoms. The molecule has 0 saturated carbocycles. The Morgan fingerprint density at radius 1 is 0.727 bits per heavy atom. The fourth-order valence-electron chi connectivity index (χ4n) is 2.21. The molecule has 4 rings (SSSR count). The average Bonchev–Trinajstić information content (AvgIpc) is 3.17. The van der Waals surface area contributed by atoms with E-state index in [0.717, 1.165) is 12.8 Å². The van der Waals surface area contributed by atoms with Crippen LogP contribution in [0.15, 0.2) is 48.5 Å². The van der Waals surface area contributed by atoms with E-state index in [9.17, 15) is 0 Å². The van der Waals surface area contributed by atoms with Crippen LogP contribution in [0.2, 0.25) is 0 Å². The van der Waals surface area contributed by atoms with Gasteiger partial charge in [-0.1, -0.05) is 36.4 Å². The number of hydrogen-bond acceptors (Lipinski definition) is 0. The van der Waals surface area contributed by atoms with Crippen molar-refractivity contribution in [2.45, 2.75) is 12.8 Å². The van der Waals surface area contributed by atoms with Gasteiger partial charge < -0.3 is 7.43 Å². The van der Waals surface area contributed by atoms with Gasteiger partial charge >= 0.3 is 37.9 Å². The Kier molecular flexibility index (Phi) is 9.72. The van der Waals surface area contributed by atoms with Gasteiger partial charge in [-0.25, -0.2) is 12.2 Å². The Bertz CT molecular complexity index is 577. The van der Waals surface area contributed by atoms with Crippen LogP contribution in [-0.2, 0) is 33.7 Å². The maximum atomic E-state index is 4.93. The molecule has 0 unspecified atom stereocenters. The summed E-state index contributed by atoms with van der Waals surface area (Å²) in [6, 6.07) is 16.8. The molecule has 0 fully saturated rings. The molecule has 0 nitrogen and oxygen atoms in total. The Morgan fingerprint density at radius 2 is 1.09 bits per heavy atom. The van der Waals surface area contributed by atoms with E-state index < -0.39 is 20.8 Å². The van der Waals surface area contributed by atoms with Crippen molar-refractivity contribution in [2.24, 2.45) is 0 Å². The zero-order valence-electron chi connectivity index (χ0n) is 12.4. The van der Waals surface area contributed by atoms with Crippen LogP contribution in [0.4, 0.5) is 0 Å². The van der Waals surface area contributed by atoms with Gasteiger partial charge in [-0.05, 0) is 0 Å². The van der Waals surface area contributed by atoms with Crippen LogP contribution in [-0.4, -0.2) is 0 Å². The van der Waals surface area contributed by atoms with E-state index in [0.29, 0.717) is 0 Å². The van der Waals surface area contributed by atoms with E-state index in [-0.39, 0.29) is 7.43 Å². The summed E-state index contributed by atoms with van der Waals surface area (Å²) in [4.78, 5) is 0. The Hall–Kier alpha value is -0.617. The molecule has 0 radical (unpaired) electrons. The number of allylic oxidation sites excluding steroid dienone is 2. The van der Waals surface area contributed by atoms with E-state index in [1.165, 1.54) is 22.3 Å². The summed E-state index contributed by atoms with van der Waals surface area (Å²) in [6.45, 7) is 0. The van der Waals surface area contributed by atoms with Crippen molar-refractivity contribution in [3.05, 3.63) is 90.4 Å². The molecule has 0 saturated heterocycles. The monoisotopic (exact) mass is 405 g/mol. The fourth-order valence-corrected chi connectivity index (χ4v) is 2.21. The minimum absolute atomic E-state index is 0. The summed E-state index contributed by atoms with van der Waals surface area (Å²) < 4.78 is 0. The molecule has 0 amide bonds. The van der Waals surface area contributed by atoms with E-state index >= 15 is 0 Å². The third-order valence-corrected chi connectivity index (χ3v) is 3.21. The molecule has 114 valence electrons. The van der Waals surface area contributed by atoms with Crippen LogP contribution < -0.4 is 0 Å². The first-order valence-electron chi connectivity index (χ1n) is 6.60. The summed E-state index contributed by atoms with van der Waals surface area (Å²) in [5.41, 5.74) is 5.46. The van der Waals surface area contributed by atoms with E-state index in [4.69, 9.17) is 17.0 Å². The molecule has 2 aliphatic carbocycles. The van der Waals surface area contributed by atoms with Crippen molar-refractivity contribution in [1.82, 2.24) is 0 Å². The normalized spacial score (nSPS) is 11.9. The predicted octanol–water partition coefficient (Wildman–Crippen LogP) is 5.94.